The zero-order chi connectivity index (χ0) is 13.5. The highest BCUT2D eigenvalue weighted by molar-refractivity contribution is 5.95. The first-order chi connectivity index (χ1) is 9.03. The van der Waals surface area contributed by atoms with Crippen LogP contribution in [-0.2, 0) is 11.2 Å². The molecule has 1 aromatic carbocycles. The van der Waals surface area contributed by atoms with E-state index in [1.54, 1.807) is 12.1 Å². The fourth-order valence-corrected chi connectivity index (χ4v) is 2.39. The van der Waals surface area contributed by atoms with Crippen LogP contribution in [0.4, 0.5) is 14.5 Å². The highest BCUT2D eigenvalue weighted by Crippen LogP contribution is 2.29. The van der Waals surface area contributed by atoms with Crippen LogP contribution in [0.15, 0.2) is 18.2 Å². The summed E-state index contributed by atoms with van der Waals surface area (Å²) in [7, 11) is 0. The van der Waals surface area contributed by atoms with Crippen LogP contribution in [0.25, 0.3) is 0 Å². The van der Waals surface area contributed by atoms with E-state index in [9.17, 15) is 13.6 Å². The van der Waals surface area contributed by atoms with Crippen LogP contribution in [-0.4, -0.2) is 31.0 Å². The number of anilines is 1. The van der Waals surface area contributed by atoms with E-state index in [4.69, 9.17) is 4.74 Å². The first kappa shape index (κ1) is 12.3. The highest BCUT2D eigenvalue weighted by atomic mass is 19.3. The highest BCUT2D eigenvalue weighted by Gasteiger charge is 2.42. The molecule has 0 radical (unpaired) electrons. The zero-order valence-corrected chi connectivity index (χ0v) is 10.2. The number of halogens is 2. The Kier molecular flexibility index (Phi) is 2.89. The van der Waals surface area contributed by atoms with E-state index in [1.165, 1.54) is 0 Å². The maximum Gasteiger partial charge on any atom is 0.262 e. The number of amides is 1. The second-order valence-corrected chi connectivity index (χ2v) is 4.90. The third kappa shape index (κ3) is 2.53. The van der Waals surface area contributed by atoms with Crippen LogP contribution < -0.4 is 15.4 Å². The molecule has 2 aliphatic rings. The first-order valence-electron chi connectivity index (χ1n) is 6.21. The molecule has 2 N–H and O–H groups in total. The molecule has 1 aromatic rings. The van der Waals surface area contributed by atoms with Gasteiger partial charge in [0.05, 0.1) is 19.2 Å². The van der Waals surface area contributed by atoms with E-state index < -0.39 is 30.8 Å². The molecule has 1 fully saturated rings. The van der Waals surface area contributed by atoms with E-state index in [-0.39, 0.29) is 0 Å². The molecule has 4 nitrogen and oxygen atoms in total. The van der Waals surface area contributed by atoms with Gasteiger partial charge in [0.15, 0.2) is 0 Å². The summed E-state index contributed by atoms with van der Waals surface area (Å²) in [5.74, 6) is -2.40. The van der Waals surface area contributed by atoms with Gasteiger partial charge in [0.1, 0.15) is 5.75 Å². The Morgan fingerprint density at radius 3 is 3.05 bits per heavy atom. The largest absolute Gasteiger partial charge is 0.493 e. The quantitative estimate of drug-likeness (QED) is 0.855. The molecule has 0 aromatic heterocycles. The van der Waals surface area contributed by atoms with Gasteiger partial charge >= 0.3 is 0 Å². The predicted octanol–water partition coefficient (Wildman–Crippen LogP) is 1.56. The Morgan fingerprint density at radius 2 is 2.32 bits per heavy atom. The predicted molar refractivity (Wildman–Crippen MR) is 65.6 cm³/mol. The zero-order valence-electron chi connectivity index (χ0n) is 10.2. The Balaban J connectivity index is 1.67. The molecule has 0 aliphatic carbocycles. The second kappa shape index (κ2) is 4.45. The third-order valence-corrected chi connectivity index (χ3v) is 3.38. The van der Waals surface area contributed by atoms with Gasteiger partial charge in [-0.3, -0.25) is 10.1 Å². The lowest BCUT2D eigenvalue weighted by molar-refractivity contribution is -0.118. The Labute approximate surface area is 109 Å². The third-order valence-electron chi connectivity index (χ3n) is 3.38. The van der Waals surface area contributed by atoms with E-state index in [1.807, 2.05) is 6.07 Å². The normalized spacial score (nSPS) is 23.8. The lowest BCUT2D eigenvalue weighted by Gasteiger charge is -2.11. The van der Waals surface area contributed by atoms with Gasteiger partial charge in [-0.25, -0.2) is 8.78 Å². The van der Waals surface area contributed by atoms with Crippen molar-refractivity contribution in [3.63, 3.8) is 0 Å². The van der Waals surface area contributed by atoms with Crippen molar-refractivity contribution in [1.29, 1.82) is 0 Å². The lowest BCUT2D eigenvalue weighted by atomic mass is 10.1. The number of nitrogens with one attached hydrogen (secondary N) is 2. The fourth-order valence-electron chi connectivity index (χ4n) is 2.39. The number of ether oxygens (including phenoxy) is 1. The van der Waals surface area contributed by atoms with Crippen LogP contribution in [0, 0.1) is 0 Å². The summed E-state index contributed by atoms with van der Waals surface area (Å²) in [6.45, 7) is 0.201. The van der Waals surface area contributed by atoms with E-state index >= 15 is 0 Å². The van der Waals surface area contributed by atoms with Crippen molar-refractivity contribution in [2.75, 3.05) is 18.5 Å². The van der Waals surface area contributed by atoms with Crippen molar-refractivity contribution in [2.24, 2.45) is 0 Å². The number of benzene rings is 1. The Bertz CT molecular complexity index is 519. The van der Waals surface area contributed by atoms with E-state index in [0.29, 0.717) is 12.3 Å². The van der Waals surface area contributed by atoms with Crippen molar-refractivity contribution in [3.8, 4) is 5.75 Å². The minimum Gasteiger partial charge on any atom is -0.493 e. The van der Waals surface area contributed by atoms with Gasteiger partial charge in [0, 0.05) is 18.5 Å². The molecule has 2 aliphatic heterocycles. The van der Waals surface area contributed by atoms with Gasteiger partial charge in [-0.15, -0.1) is 0 Å². The van der Waals surface area contributed by atoms with E-state index in [0.717, 1.165) is 17.7 Å². The van der Waals surface area contributed by atoms with Crippen LogP contribution in [0.3, 0.4) is 0 Å². The van der Waals surface area contributed by atoms with E-state index in [2.05, 4.69) is 10.6 Å². The number of hydrogen-bond donors (Lipinski definition) is 2. The topological polar surface area (TPSA) is 50.4 Å². The summed E-state index contributed by atoms with van der Waals surface area (Å²) in [5.41, 5.74) is 1.65. The maximum absolute atomic E-state index is 13.0. The molecular formula is C13H14F2N2O2. The maximum atomic E-state index is 13.0. The van der Waals surface area contributed by atoms with Crippen molar-refractivity contribution in [2.45, 2.75) is 24.8 Å². The van der Waals surface area contributed by atoms with Gasteiger partial charge in [0.25, 0.3) is 5.92 Å². The van der Waals surface area contributed by atoms with Gasteiger partial charge < -0.3 is 10.1 Å². The number of alkyl halides is 2. The molecule has 102 valence electrons. The summed E-state index contributed by atoms with van der Waals surface area (Å²) in [4.78, 5) is 11.9. The summed E-state index contributed by atoms with van der Waals surface area (Å²) in [5, 5.41) is 5.19. The standard InChI is InChI=1S/C13H14F2N2O2/c14-13(15)6-10(16-7-13)12(18)17-9-1-2-11-8(5-9)3-4-19-11/h1-2,5,10,16H,3-4,6-7H2,(H,17,18). The molecule has 2 heterocycles. The van der Waals surface area contributed by atoms with Crippen LogP contribution >= 0.6 is 0 Å². The minimum atomic E-state index is -2.80. The number of carbonyl (C=O) groups is 1. The molecule has 1 atom stereocenters. The average Bonchev–Trinajstić information content (AvgIpc) is 2.94. The molecule has 19 heavy (non-hydrogen) atoms. The number of hydrogen-bond acceptors (Lipinski definition) is 3. The first-order valence-corrected chi connectivity index (χ1v) is 6.21. The molecule has 3 rings (SSSR count). The molecule has 6 heteroatoms. The molecule has 1 amide bonds. The van der Waals surface area contributed by atoms with Crippen LogP contribution in [0.2, 0.25) is 0 Å². The van der Waals surface area contributed by atoms with Crippen LogP contribution in [0.5, 0.6) is 5.75 Å². The Hall–Kier alpha value is -1.69. The molecule has 0 saturated carbocycles. The van der Waals surface area contributed by atoms with Gasteiger partial charge in [-0.05, 0) is 23.8 Å². The van der Waals surface area contributed by atoms with Crippen LogP contribution in [0.1, 0.15) is 12.0 Å². The van der Waals surface area contributed by atoms with Gasteiger partial charge in [0.2, 0.25) is 5.91 Å². The second-order valence-electron chi connectivity index (χ2n) is 4.90. The number of carbonyl (C=O) groups excluding carboxylic acids is 1. The summed E-state index contributed by atoms with van der Waals surface area (Å²) in [6, 6.07) is 4.50. The summed E-state index contributed by atoms with van der Waals surface area (Å²) in [6.07, 6.45) is 0.353. The fraction of sp³-hybridized carbons (Fsp3) is 0.462. The summed E-state index contributed by atoms with van der Waals surface area (Å²) >= 11 is 0. The number of rotatable bonds is 2. The Morgan fingerprint density at radius 1 is 1.47 bits per heavy atom. The monoisotopic (exact) mass is 268 g/mol. The molecular weight excluding hydrogens is 254 g/mol. The minimum absolute atomic E-state index is 0.420. The molecule has 0 bridgehead atoms. The van der Waals surface area contributed by atoms with Crippen molar-refractivity contribution >= 4 is 11.6 Å². The molecule has 1 saturated heterocycles. The number of fused-ring (bicyclic) bond motifs is 1. The lowest BCUT2D eigenvalue weighted by Crippen LogP contribution is -2.35. The van der Waals surface area contributed by atoms with Crippen molar-refractivity contribution in [1.82, 2.24) is 5.32 Å². The van der Waals surface area contributed by atoms with Gasteiger partial charge in [-0.1, -0.05) is 0 Å². The van der Waals surface area contributed by atoms with Gasteiger partial charge in [-0.2, -0.15) is 0 Å². The summed E-state index contributed by atoms with van der Waals surface area (Å²) < 4.78 is 31.4. The smallest absolute Gasteiger partial charge is 0.262 e. The van der Waals surface area contributed by atoms with Crippen molar-refractivity contribution < 1.29 is 18.3 Å². The SMILES string of the molecule is O=C(Nc1ccc2c(c1)CCO2)C1CC(F)(F)CN1. The molecule has 1 unspecified atom stereocenters. The van der Waals surface area contributed by atoms with Crippen molar-refractivity contribution in [3.05, 3.63) is 23.8 Å². The molecule has 0 spiro atoms. The average molecular weight is 268 g/mol.